The molecule has 2 aliphatic rings. The minimum absolute atomic E-state index is 0.0104. The molecule has 0 radical (unpaired) electrons. The number of nitrogens with zero attached hydrogens (tertiary/aromatic N) is 3. The fraction of sp³-hybridized carbons (Fsp3) is 0.565. The third kappa shape index (κ3) is 4.61. The first-order valence-electron chi connectivity index (χ1n) is 10.9. The number of carbonyl (C=O) groups is 1. The summed E-state index contributed by atoms with van der Waals surface area (Å²) in [7, 11) is 1.65. The Morgan fingerprint density at radius 2 is 1.87 bits per heavy atom. The number of amides is 2. The molecule has 2 fully saturated rings. The molecule has 0 spiro atoms. The Morgan fingerprint density at radius 1 is 1.17 bits per heavy atom. The fourth-order valence-electron chi connectivity index (χ4n) is 4.56. The quantitative estimate of drug-likeness (QED) is 0.814. The van der Waals surface area contributed by atoms with Crippen molar-refractivity contribution in [2.75, 3.05) is 33.4 Å². The molecule has 0 saturated carbocycles. The van der Waals surface area contributed by atoms with Gasteiger partial charge in [-0.25, -0.2) is 9.78 Å². The number of ether oxygens (including phenoxy) is 2. The number of imidazole rings is 1. The second kappa shape index (κ2) is 9.51. The van der Waals surface area contributed by atoms with Crippen molar-refractivity contribution in [2.24, 2.45) is 0 Å². The third-order valence-electron chi connectivity index (χ3n) is 6.32. The molecule has 0 aliphatic carbocycles. The average molecular weight is 413 g/mol. The van der Waals surface area contributed by atoms with E-state index in [-0.39, 0.29) is 6.03 Å². The van der Waals surface area contributed by atoms with Crippen molar-refractivity contribution in [1.82, 2.24) is 19.8 Å². The summed E-state index contributed by atoms with van der Waals surface area (Å²) >= 11 is 0. The lowest BCUT2D eigenvalue weighted by molar-refractivity contribution is 0.0817. The van der Waals surface area contributed by atoms with Crippen LogP contribution in [-0.2, 0) is 11.3 Å². The van der Waals surface area contributed by atoms with Crippen molar-refractivity contribution in [3.8, 4) is 5.75 Å². The summed E-state index contributed by atoms with van der Waals surface area (Å²) in [6, 6.07) is 8.20. The molecule has 0 atom stereocenters. The van der Waals surface area contributed by atoms with Crippen LogP contribution in [0.15, 0.2) is 30.5 Å². The smallest absolute Gasteiger partial charge is 0.317 e. The van der Waals surface area contributed by atoms with Crippen LogP contribution < -0.4 is 10.1 Å². The van der Waals surface area contributed by atoms with Gasteiger partial charge in [0.05, 0.1) is 7.11 Å². The molecule has 30 heavy (non-hydrogen) atoms. The van der Waals surface area contributed by atoms with E-state index in [0.29, 0.717) is 18.5 Å². The van der Waals surface area contributed by atoms with Gasteiger partial charge in [0.15, 0.2) is 0 Å². The zero-order chi connectivity index (χ0) is 20.9. The number of hydrogen-bond acceptors (Lipinski definition) is 4. The van der Waals surface area contributed by atoms with Gasteiger partial charge < -0.3 is 24.3 Å². The molecule has 0 unspecified atom stereocenters. The average Bonchev–Trinajstić information content (AvgIpc) is 3.20. The van der Waals surface area contributed by atoms with E-state index in [9.17, 15) is 4.79 Å². The van der Waals surface area contributed by atoms with Crippen molar-refractivity contribution in [3.63, 3.8) is 0 Å². The number of piperidine rings is 1. The van der Waals surface area contributed by atoms with E-state index < -0.39 is 0 Å². The second-order valence-corrected chi connectivity index (χ2v) is 8.24. The molecule has 162 valence electrons. The number of nitrogens with one attached hydrogen (secondary N) is 1. The van der Waals surface area contributed by atoms with Gasteiger partial charge in [-0.05, 0) is 50.3 Å². The molecule has 7 nitrogen and oxygen atoms in total. The van der Waals surface area contributed by atoms with Crippen LogP contribution in [0.25, 0.3) is 0 Å². The Hall–Kier alpha value is -2.54. The molecule has 1 aromatic heterocycles. The molecular weight excluding hydrogens is 380 g/mol. The highest BCUT2D eigenvalue weighted by atomic mass is 16.5. The van der Waals surface area contributed by atoms with E-state index in [2.05, 4.69) is 16.8 Å². The Kier molecular flexibility index (Phi) is 6.57. The van der Waals surface area contributed by atoms with Crippen molar-refractivity contribution in [1.29, 1.82) is 0 Å². The molecule has 1 N–H and O–H groups in total. The summed E-state index contributed by atoms with van der Waals surface area (Å²) in [5.41, 5.74) is 2.29. The van der Waals surface area contributed by atoms with Gasteiger partial charge in [-0.1, -0.05) is 12.1 Å². The van der Waals surface area contributed by atoms with E-state index in [1.54, 1.807) is 7.11 Å². The summed E-state index contributed by atoms with van der Waals surface area (Å²) in [5, 5.41) is 3.04. The lowest BCUT2D eigenvalue weighted by Crippen LogP contribution is -2.44. The summed E-state index contributed by atoms with van der Waals surface area (Å²) in [4.78, 5) is 19.3. The highest BCUT2D eigenvalue weighted by molar-refractivity contribution is 5.74. The van der Waals surface area contributed by atoms with Gasteiger partial charge in [0.1, 0.15) is 11.6 Å². The van der Waals surface area contributed by atoms with Crippen LogP contribution in [-0.4, -0.2) is 53.9 Å². The Labute approximate surface area is 178 Å². The van der Waals surface area contributed by atoms with Gasteiger partial charge in [0.25, 0.3) is 0 Å². The SMILES string of the molecule is COc1ccc(CNC(=O)N2CCC(n3c(C)cnc3C3CCOCC3)CC2)cc1. The van der Waals surface area contributed by atoms with Crippen LogP contribution in [0, 0.1) is 6.92 Å². The minimum atomic E-state index is 0.0104. The lowest BCUT2D eigenvalue weighted by Gasteiger charge is -2.35. The lowest BCUT2D eigenvalue weighted by atomic mass is 9.97. The third-order valence-corrected chi connectivity index (χ3v) is 6.32. The van der Waals surface area contributed by atoms with Crippen LogP contribution in [0.5, 0.6) is 5.75 Å². The van der Waals surface area contributed by atoms with E-state index in [0.717, 1.165) is 63.3 Å². The minimum Gasteiger partial charge on any atom is -0.497 e. The predicted molar refractivity (Wildman–Crippen MR) is 115 cm³/mol. The van der Waals surface area contributed by atoms with Gasteiger partial charge in [0.2, 0.25) is 0 Å². The Balaban J connectivity index is 1.31. The number of aryl methyl sites for hydroxylation is 1. The first-order valence-corrected chi connectivity index (χ1v) is 10.9. The maximum absolute atomic E-state index is 12.6. The van der Waals surface area contributed by atoms with E-state index >= 15 is 0 Å². The molecule has 4 rings (SSSR count). The van der Waals surface area contributed by atoms with E-state index in [1.165, 1.54) is 11.5 Å². The van der Waals surface area contributed by atoms with Crippen molar-refractivity contribution in [2.45, 2.75) is 51.1 Å². The van der Waals surface area contributed by atoms with Gasteiger partial charge >= 0.3 is 6.03 Å². The van der Waals surface area contributed by atoms with Crippen LogP contribution >= 0.6 is 0 Å². The number of carbonyl (C=O) groups excluding carboxylic acids is 1. The van der Waals surface area contributed by atoms with Crippen LogP contribution in [0.2, 0.25) is 0 Å². The first kappa shape index (κ1) is 20.7. The number of likely N-dealkylation sites (tertiary alicyclic amines) is 1. The maximum Gasteiger partial charge on any atom is 0.317 e. The van der Waals surface area contributed by atoms with E-state index in [1.807, 2.05) is 35.4 Å². The summed E-state index contributed by atoms with van der Waals surface area (Å²) in [5.74, 6) is 2.51. The largest absolute Gasteiger partial charge is 0.497 e. The monoisotopic (exact) mass is 412 g/mol. The number of benzene rings is 1. The highest BCUT2D eigenvalue weighted by Crippen LogP contribution is 2.32. The molecule has 2 aromatic rings. The Morgan fingerprint density at radius 3 is 2.53 bits per heavy atom. The number of methoxy groups -OCH3 is 1. The van der Waals surface area contributed by atoms with Gasteiger partial charge in [-0.3, -0.25) is 0 Å². The zero-order valence-corrected chi connectivity index (χ0v) is 18.0. The van der Waals surface area contributed by atoms with Gasteiger partial charge in [-0.15, -0.1) is 0 Å². The van der Waals surface area contributed by atoms with Crippen LogP contribution in [0.1, 0.15) is 54.7 Å². The highest BCUT2D eigenvalue weighted by Gasteiger charge is 2.29. The summed E-state index contributed by atoms with van der Waals surface area (Å²) in [6.45, 7) is 5.85. The molecule has 7 heteroatoms. The van der Waals surface area contributed by atoms with Crippen LogP contribution in [0.3, 0.4) is 0 Å². The van der Waals surface area contributed by atoms with Crippen molar-refractivity contribution >= 4 is 6.03 Å². The topological polar surface area (TPSA) is 68.6 Å². The molecule has 2 saturated heterocycles. The van der Waals surface area contributed by atoms with E-state index in [4.69, 9.17) is 14.5 Å². The number of rotatable bonds is 5. The molecule has 2 aliphatic heterocycles. The van der Waals surface area contributed by atoms with Crippen molar-refractivity contribution in [3.05, 3.63) is 47.5 Å². The predicted octanol–water partition coefficient (Wildman–Crippen LogP) is 3.64. The maximum atomic E-state index is 12.6. The van der Waals surface area contributed by atoms with Crippen molar-refractivity contribution < 1.29 is 14.3 Å². The molecular formula is C23H32N4O3. The fourth-order valence-corrected chi connectivity index (χ4v) is 4.56. The summed E-state index contributed by atoms with van der Waals surface area (Å²) in [6.07, 6.45) is 6.01. The number of aromatic nitrogens is 2. The first-order chi connectivity index (χ1) is 14.7. The molecule has 2 amide bonds. The number of urea groups is 1. The standard InChI is InChI=1S/C23H32N4O3/c1-17-15-24-22(19-9-13-30-14-10-19)27(17)20-7-11-26(12-8-20)23(28)25-16-18-3-5-21(29-2)6-4-18/h3-6,15,19-20H,7-14,16H2,1-2H3,(H,25,28). The second-order valence-electron chi connectivity index (χ2n) is 8.24. The van der Waals surface area contributed by atoms with Gasteiger partial charge in [-0.2, -0.15) is 0 Å². The normalized spacial score (nSPS) is 18.4. The Bertz CT molecular complexity index is 835. The zero-order valence-electron chi connectivity index (χ0n) is 18.0. The molecule has 1 aromatic carbocycles. The summed E-state index contributed by atoms with van der Waals surface area (Å²) < 4.78 is 13.1. The number of hydrogen-bond donors (Lipinski definition) is 1. The molecule has 3 heterocycles. The van der Waals surface area contributed by atoms with Gasteiger partial charge in [0, 0.05) is 56.7 Å². The molecule has 0 bridgehead atoms. The van der Waals surface area contributed by atoms with Crippen LogP contribution in [0.4, 0.5) is 4.79 Å².